The normalized spacial score (nSPS) is 37.1. The van der Waals surface area contributed by atoms with Crippen molar-refractivity contribution in [2.45, 2.75) is 239 Å². The molecule has 10 heterocycles. The summed E-state index contributed by atoms with van der Waals surface area (Å²) < 4.78 is 113. The number of allylic oxidation sites excluding steroid dienone is 2. The maximum Gasteiger partial charge on any atom is 0.337 e. The van der Waals surface area contributed by atoms with Crippen molar-refractivity contribution in [2.75, 3.05) is 89.5 Å². The molecule has 123 heavy (non-hydrogen) atoms. The molecule has 26 atom stereocenters. The first-order valence-corrected chi connectivity index (χ1v) is 50.7. The van der Waals surface area contributed by atoms with E-state index in [2.05, 4.69) is 111 Å². The number of alkyl halides is 2. The summed E-state index contributed by atoms with van der Waals surface area (Å²) in [6.07, 6.45) is 11.8. The van der Waals surface area contributed by atoms with Crippen LogP contribution in [0.1, 0.15) is 101 Å². The Bertz CT molecular complexity index is 4030. The van der Waals surface area contributed by atoms with Crippen molar-refractivity contribution in [3.8, 4) is 0 Å². The Labute approximate surface area is 725 Å². The molecule has 0 bridgehead atoms. The van der Waals surface area contributed by atoms with Gasteiger partial charge in [-0.1, -0.05) is 74.5 Å². The lowest BCUT2D eigenvalue weighted by molar-refractivity contribution is -0.153. The molecule has 4 saturated carbocycles. The lowest BCUT2D eigenvalue weighted by Crippen LogP contribution is -2.52. The SMILES string of the molecule is CF.COC(=O)C1=COC(O)C2C1C[C@@H]1O[C@]21CO.COC(=O)C1=CO[C@@H](O)[C@@H]2C(CO)=CC[C@H]12.COC(=O)C1=CO[C@@H](O[Si](C)(C)C(C)(C)C)[C@@H]2C(CO)=CC[C@H]12.COC(=O)C1=CO[C@@H](O[Si](C)(C)C(C)(C)C)[C@H]2[C@@H]1C[C@@H]1O[C@]21CO.COC(=O)C1=CO[C@@H](O[Si](C)(C)C(C)(C)C)[C@H]2[C@@H]1C[C@@H]1O[C@]21CO.COC(=O)C1=CO[C@@H]2OC[C@@]3(O)[C@@H]2[C@@H]1C[C@H]3Cl. The van der Waals surface area contributed by atoms with E-state index in [1.54, 1.807) is 0 Å². The molecule has 0 spiro atoms. The van der Waals surface area contributed by atoms with E-state index >= 15 is 0 Å². The Kier molecular flexibility index (Phi) is 30.5. The van der Waals surface area contributed by atoms with Crippen LogP contribution in [0.25, 0.3) is 0 Å². The lowest BCUT2D eigenvalue weighted by Gasteiger charge is -2.44. The number of aliphatic hydroxyl groups excluding tert-OH is 7. The number of hydrogen-bond donors (Lipinski definition) is 8. The van der Waals surface area contributed by atoms with Crippen LogP contribution < -0.4 is 0 Å². The number of fused-ring (bicyclic) bond motifs is 11. The fourth-order valence-corrected chi connectivity index (χ4v) is 22.5. The van der Waals surface area contributed by atoms with E-state index in [4.69, 9.17) is 96.3 Å². The molecule has 8 fully saturated rings. The van der Waals surface area contributed by atoms with Crippen molar-refractivity contribution in [3.63, 3.8) is 0 Å². The molecule has 38 heteroatoms. The molecule has 8 N–H and O–H groups in total. The molecule has 0 amide bonds. The van der Waals surface area contributed by atoms with Gasteiger partial charge in [-0.25, -0.2) is 28.8 Å². The Morgan fingerprint density at radius 2 is 0.715 bits per heavy atom. The predicted molar refractivity (Wildman–Crippen MR) is 441 cm³/mol. The second-order valence-corrected chi connectivity index (χ2v) is 52.9. The molecule has 0 radical (unpaired) electrons. The summed E-state index contributed by atoms with van der Waals surface area (Å²) in [5.74, 6) is -4.70. The number of epoxide rings is 3. The first kappa shape index (κ1) is 99.0. The van der Waals surface area contributed by atoms with Crippen molar-refractivity contribution >= 4 is 72.4 Å². The van der Waals surface area contributed by atoms with Crippen LogP contribution in [0.5, 0.6) is 0 Å². The number of ether oxygens (including phenoxy) is 16. The highest BCUT2D eigenvalue weighted by Crippen LogP contribution is 2.65. The Hall–Kier alpha value is -6.19. The first-order valence-electron chi connectivity index (χ1n) is 41.5. The minimum Gasteiger partial charge on any atom is -0.473 e. The number of methoxy groups -OCH3 is 6. The average Bonchev–Trinajstić information content (AvgIpc) is 1.53. The van der Waals surface area contributed by atoms with Crippen molar-refractivity contribution in [3.05, 3.63) is 94.3 Å². The number of esters is 6. The summed E-state index contributed by atoms with van der Waals surface area (Å²) in [6, 6.07) is 0. The minimum atomic E-state index is -2.07. The Balaban J connectivity index is 0.000000155. The van der Waals surface area contributed by atoms with Crippen LogP contribution in [-0.4, -0.2) is 275 Å². The maximum absolute atomic E-state index is 12.1. The Morgan fingerprint density at radius 3 is 1.07 bits per heavy atom. The highest BCUT2D eigenvalue weighted by molar-refractivity contribution is 6.75. The molecule has 16 rings (SSSR count). The van der Waals surface area contributed by atoms with Gasteiger partial charge < -0.3 is 130 Å². The minimum absolute atomic E-state index is 0.0347. The van der Waals surface area contributed by atoms with Crippen LogP contribution in [0.2, 0.25) is 54.4 Å². The van der Waals surface area contributed by atoms with E-state index < -0.39 is 114 Å². The summed E-state index contributed by atoms with van der Waals surface area (Å²) in [5, 5.41) is 77.6. The van der Waals surface area contributed by atoms with Crippen LogP contribution in [0, 0.1) is 71.0 Å². The summed E-state index contributed by atoms with van der Waals surface area (Å²) in [4.78, 5) is 70.8. The number of halogens is 2. The third kappa shape index (κ3) is 18.6. The smallest absolute Gasteiger partial charge is 0.337 e. The fourth-order valence-electron chi connectivity index (χ4n) is 18.7. The number of aliphatic hydroxyl groups is 8. The molecule has 33 nitrogen and oxygen atoms in total. The standard InChI is InChI=1S/2C17H28O6Si.C17H28O5Si.C11H13ClO5.C11H14O6.C11H14O5.CH3F/c2*1-16(2,3)24(5,6)23-15-13-10(7-12-17(13,9-18)22-12)11(8-21-15)14(19)20-4;1-17(2,3)23(5,6)22-16-14-11(9-18)7-8-12(14)13(10-21-16)15(19)20-4;1-15-9(13)6-3-16-10-8-5(6)2-7(12)11(8,14)4-17-10;1-15-9(13)6-3-16-10(14)8-5(6)2-7-11(8,4-12)17-7;1-15-10(13)8-5-16-11(14)9-6(4-12)2-3-7(8)9;1-2/h2*8,10,12-13,15,18H,7,9H2,1-6H3;7,10,12,14,16,18H,8-9H2,1-6H3;3,5,7-8,10,14H,2,4H2,1H3;3,5,7-8,10,12,14H,2,4H2,1H3;2,5,7,9,11-12,14H,3-4H2,1H3;1H3/t2*10-,12+,13-,15+,17+;12-,14-,16+;5-,7-,8-,10-,11+;5?,7-,8?,10?,11-;7-,9-,11-;/m111101./s1. The third-order valence-electron chi connectivity index (χ3n) is 28.9. The van der Waals surface area contributed by atoms with Crippen LogP contribution in [-0.2, 0) is 118 Å². The van der Waals surface area contributed by atoms with Gasteiger partial charge in [0.1, 0.15) is 22.4 Å². The van der Waals surface area contributed by atoms with Gasteiger partial charge in [0.25, 0.3) is 0 Å². The largest absolute Gasteiger partial charge is 0.473 e. The molecular formula is C85H128ClFO33Si3. The van der Waals surface area contributed by atoms with Gasteiger partial charge in [-0.05, 0) is 104 Å². The number of carbonyl (C=O) groups is 6. The van der Waals surface area contributed by atoms with Crippen LogP contribution in [0.3, 0.4) is 0 Å². The van der Waals surface area contributed by atoms with Crippen LogP contribution in [0.4, 0.5) is 4.39 Å². The van der Waals surface area contributed by atoms with Gasteiger partial charge >= 0.3 is 35.8 Å². The molecular weight excluding hydrogens is 1690 g/mol. The lowest BCUT2D eigenvalue weighted by atomic mass is 9.82. The van der Waals surface area contributed by atoms with E-state index in [9.17, 15) is 68.9 Å². The summed E-state index contributed by atoms with van der Waals surface area (Å²) in [5.41, 5.74) is 1.26. The third-order valence-corrected chi connectivity index (χ3v) is 42.7. The van der Waals surface area contributed by atoms with Gasteiger partial charge in [0, 0.05) is 35.5 Å². The van der Waals surface area contributed by atoms with Gasteiger partial charge in [0.15, 0.2) is 43.8 Å². The zero-order valence-electron chi connectivity index (χ0n) is 74.3. The van der Waals surface area contributed by atoms with Crippen molar-refractivity contribution in [2.24, 2.45) is 71.0 Å². The van der Waals surface area contributed by atoms with E-state index in [1.807, 2.05) is 12.2 Å². The highest BCUT2D eigenvalue weighted by atomic mass is 35.5. The van der Waals surface area contributed by atoms with Gasteiger partial charge in [-0.15, -0.1) is 11.6 Å². The topological polar surface area (TPSA) is 450 Å². The van der Waals surface area contributed by atoms with Gasteiger partial charge in [-0.3, -0.25) is 4.39 Å². The molecule has 0 aromatic rings. The van der Waals surface area contributed by atoms with Gasteiger partial charge in [0.2, 0.25) is 18.9 Å². The number of carbonyl (C=O) groups excluding carboxylic acids is 6. The second-order valence-electron chi connectivity index (χ2n) is 38.1. The molecule has 692 valence electrons. The van der Waals surface area contributed by atoms with Crippen molar-refractivity contribution in [1.29, 1.82) is 0 Å². The molecule has 4 saturated heterocycles. The molecule has 16 aliphatic rings. The second kappa shape index (κ2) is 37.9. The molecule has 6 aliphatic carbocycles. The molecule has 10 aliphatic heterocycles. The number of rotatable bonds is 17. The van der Waals surface area contributed by atoms with Gasteiger partial charge in [-0.2, -0.15) is 0 Å². The highest BCUT2D eigenvalue weighted by Gasteiger charge is 2.76. The van der Waals surface area contributed by atoms with E-state index in [0.717, 1.165) is 5.57 Å². The number of hydrogen-bond acceptors (Lipinski definition) is 33. The Morgan fingerprint density at radius 1 is 0.423 bits per heavy atom. The van der Waals surface area contributed by atoms with Crippen molar-refractivity contribution in [1.82, 2.24) is 0 Å². The summed E-state index contributed by atoms with van der Waals surface area (Å²) in [7, 11) is 2.34. The summed E-state index contributed by atoms with van der Waals surface area (Å²) >= 11 is 6.17. The quantitative estimate of drug-likeness (QED) is 0.0175. The van der Waals surface area contributed by atoms with E-state index in [-0.39, 0.29) is 156 Å². The van der Waals surface area contributed by atoms with E-state index in [1.165, 1.54) is 80.2 Å². The first-order chi connectivity index (χ1) is 57.7. The van der Waals surface area contributed by atoms with Crippen LogP contribution in [0.15, 0.2) is 94.3 Å². The summed E-state index contributed by atoms with van der Waals surface area (Å²) in [6.45, 7) is 32.1. The zero-order valence-corrected chi connectivity index (χ0v) is 78.1. The molecule has 0 aromatic heterocycles. The molecule has 3 unspecified atom stereocenters. The monoisotopic (exact) mass is 1810 g/mol. The van der Waals surface area contributed by atoms with Gasteiger partial charge in [0.05, 0.1) is 220 Å². The zero-order chi connectivity index (χ0) is 91.4. The van der Waals surface area contributed by atoms with Crippen molar-refractivity contribution < 1.29 is 163 Å². The van der Waals surface area contributed by atoms with Crippen LogP contribution >= 0.6 is 11.6 Å². The fraction of sp³-hybridized carbons (Fsp3) is 0.741. The van der Waals surface area contributed by atoms with E-state index in [0.29, 0.717) is 84.7 Å². The molecule has 0 aromatic carbocycles. The predicted octanol–water partition coefficient (Wildman–Crippen LogP) is 7.45. The maximum atomic E-state index is 12.1. The average molecular weight is 1820 g/mol.